The number of rotatable bonds is 0. The largest absolute Gasteiger partial charge is 0.277 e. The topological polar surface area (TPSA) is 65.1 Å². The molecule has 0 unspecified atom stereocenters. The van der Waals surface area contributed by atoms with E-state index in [1.165, 1.54) is 16.9 Å². The van der Waals surface area contributed by atoms with E-state index in [9.17, 15) is 4.79 Å². The van der Waals surface area contributed by atoms with Crippen molar-refractivity contribution in [3.05, 3.63) is 22.6 Å². The summed E-state index contributed by atoms with van der Waals surface area (Å²) in [6.07, 6.45) is 1.43. The van der Waals surface area contributed by atoms with E-state index in [0.29, 0.717) is 5.78 Å². The number of aromatic nitrogens is 5. The van der Waals surface area contributed by atoms with Crippen LogP contribution in [0.1, 0.15) is 0 Å². The maximum absolute atomic E-state index is 11.0. The van der Waals surface area contributed by atoms with Gasteiger partial charge in [0.1, 0.15) is 0 Å². The lowest BCUT2D eigenvalue weighted by molar-refractivity contribution is 0.709. The van der Waals surface area contributed by atoms with E-state index < -0.39 is 0 Å². The molecule has 0 saturated heterocycles. The standard InChI is InChI=1S/C5H5N5O/c1-9-5-6-3-2-4(11)10(5)8-7-9/h2-3H,1H3. The van der Waals surface area contributed by atoms with E-state index in [-0.39, 0.29) is 5.56 Å². The molecule has 11 heavy (non-hydrogen) atoms. The lowest BCUT2D eigenvalue weighted by Crippen LogP contribution is -2.13. The summed E-state index contributed by atoms with van der Waals surface area (Å²) in [5.74, 6) is 0.442. The Morgan fingerprint density at radius 3 is 3.00 bits per heavy atom. The second-order valence-electron chi connectivity index (χ2n) is 2.10. The van der Waals surface area contributed by atoms with Crippen LogP contribution in [0.2, 0.25) is 0 Å². The fraction of sp³-hybridized carbons (Fsp3) is 0.200. The molecule has 0 fully saturated rings. The number of fused-ring (bicyclic) bond motifs is 1. The van der Waals surface area contributed by atoms with Crippen molar-refractivity contribution in [2.24, 2.45) is 7.05 Å². The Balaban J connectivity index is 3.06. The summed E-state index contributed by atoms with van der Waals surface area (Å²) in [7, 11) is 1.68. The normalized spacial score (nSPS) is 10.6. The minimum atomic E-state index is -0.219. The van der Waals surface area contributed by atoms with Gasteiger partial charge < -0.3 is 0 Å². The first-order chi connectivity index (χ1) is 5.29. The minimum absolute atomic E-state index is 0.219. The highest BCUT2D eigenvalue weighted by atomic mass is 16.1. The fourth-order valence-electron chi connectivity index (χ4n) is 0.836. The quantitative estimate of drug-likeness (QED) is 0.475. The second kappa shape index (κ2) is 1.88. The van der Waals surface area contributed by atoms with Crippen LogP contribution in [0.25, 0.3) is 5.78 Å². The van der Waals surface area contributed by atoms with Crippen LogP contribution in [0.5, 0.6) is 0 Å². The van der Waals surface area contributed by atoms with Crippen molar-refractivity contribution < 1.29 is 0 Å². The molecule has 0 spiro atoms. The van der Waals surface area contributed by atoms with Crippen LogP contribution in [-0.2, 0) is 7.05 Å². The van der Waals surface area contributed by atoms with Gasteiger partial charge in [-0.1, -0.05) is 0 Å². The van der Waals surface area contributed by atoms with Gasteiger partial charge in [-0.2, -0.15) is 0 Å². The Morgan fingerprint density at radius 2 is 2.27 bits per heavy atom. The summed E-state index contributed by atoms with van der Waals surface area (Å²) >= 11 is 0. The molecule has 2 aromatic rings. The summed E-state index contributed by atoms with van der Waals surface area (Å²) in [5.41, 5.74) is -0.219. The van der Waals surface area contributed by atoms with Crippen molar-refractivity contribution in [3.8, 4) is 0 Å². The molecule has 0 radical (unpaired) electrons. The number of aryl methyl sites for hydroxylation is 1. The molecule has 2 heterocycles. The summed E-state index contributed by atoms with van der Waals surface area (Å²) < 4.78 is 2.57. The van der Waals surface area contributed by atoms with Crippen LogP contribution < -0.4 is 5.56 Å². The number of hydrogen-bond donors (Lipinski definition) is 0. The molecule has 0 saturated carbocycles. The predicted molar refractivity (Wildman–Crippen MR) is 36.0 cm³/mol. The number of tetrazole rings is 1. The Bertz CT molecular complexity index is 441. The average molecular weight is 151 g/mol. The van der Waals surface area contributed by atoms with E-state index >= 15 is 0 Å². The highest BCUT2D eigenvalue weighted by Gasteiger charge is 2.00. The molecule has 0 aliphatic heterocycles. The first-order valence-electron chi connectivity index (χ1n) is 3.03. The van der Waals surface area contributed by atoms with Crippen molar-refractivity contribution in [2.75, 3.05) is 0 Å². The molecule has 56 valence electrons. The summed E-state index contributed by atoms with van der Waals surface area (Å²) in [6.45, 7) is 0. The predicted octanol–water partition coefficient (Wildman–Crippen LogP) is -1.18. The van der Waals surface area contributed by atoms with Crippen LogP contribution in [0, 0.1) is 0 Å². The zero-order valence-electron chi connectivity index (χ0n) is 5.80. The lowest BCUT2D eigenvalue weighted by Gasteiger charge is -1.87. The molecule has 0 amide bonds. The Labute approximate surface area is 61.1 Å². The fourth-order valence-corrected chi connectivity index (χ4v) is 0.836. The van der Waals surface area contributed by atoms with Crippen molar-refractivity contribution in [3.63, 3.8) is 0 Å². The van der Waals surface area contributed by atoms with Gasteiger partial charge in [0.15, 0.2) is 0 Å². The number of hydrogen-bond acceptors (Lipinski definition) is 4. The van der Waals surface area contributed by atoms with Crippen LogP contribution in [0.15, 0.2) is 17.1 Å². The highest BCUT2D eigenvalue weighted by molar-refractivity contribution is 5.22. The van der Waals surface area contributed by atoms with E-state index in [1.807, 2.05) is 0 Å². The molecule has 0 aliphatic carbocycles. The van der Waals surface area contributed by atoms with Crippen molar-refractivity contribution in [1.29, 1.82) is 0 Å². The average Bonchev–Trinajstić information content (AvgIpc) is 2.35. The van der Waals surface area contributed by atoms with Crippen LogP contribution in [0.4, 0.5) is 0 Å². The van der Waals surface area contributed by atoms with Gasteiger partial charge >= 0.3 is 0 Å². The van der Waals surface area contributed by atoms with E-state index in [2.05, 4.69) is 15.4 Å². The van der Waals surface area contributed by atoms with Gasteiger partial charge in [-0.25, -0.2) is 9.67 Å². The third kappa shape index (κ3) is 0.721. The van der Waals surface area contributed by atoms with Crippen LogP contribution in [0.3, 0.4) is 0 Å². The molecule has 0 aliphatic rings. The summed E-state index contributed by atoms with van der Waals surface area (Å²) in [4.78, 5) is 14.9. The van der Waals surface area contributed by atoms with E-state index in [4.69, 9.17) is 0 Å². The first-order valence-corrected chi connectivity index (χ1v) is 3.03. The number of nitrogens with zero attached hydrogens (tertiary/aromatic N) is 5. The highest BCUT2D eigenvalue weighted by Crippen LogP contribution is 1.85. The lowest BCUT2D eigenvalue weighted by atomic mass is 10.7. The molecule has 2 rings (SSSR count). The third-order valence-electron chi connectivity index (χ3n) is 1.36. The molecule has 0 N–H and O–H groups in total. The molecule has 6 heteroatoms. The molecular weight excluding hydrogens is 146 g/mol. The van der Waals surface area contributed by atoms with Gasteiger partial charge in [-0.3, -0.25) is 4.79 Å². The Morgan fingerprint density at radius 1 is 1.45 bits per heavy atom. The molecule has 6 nitrogen and oxygen atoms in total. The van der Waals surface area contributed by atoms with Crippen molar-refractivity contribution in [2.45, 2.75) is 0 Å². The van der Waals surface area contributed by atoms with Crippen LogP contribution in [-0.4, -0.2) is 24.6 Å². The van der Waals surface area contributed by atoms with Crippen molar-refractivity contribution >= 4 is 5.78 Å². The smallest absolute Gasteiger partial charge is 0.267 e. The van der Waals surface area contributed by atoms with Gasteiger partial charge in [0.25, 0.3) is 11.3 Å². The maximum Gasteiger partial charge on any atom is 0.277 e. The zero-order chi connectivity index (χ0) is 7.84. The summed E-state index contributed by atoms with van der Waals surface area (Å²) in [5, 5.41) is 7.20. The van der Waals surface area contributed by atoms with Crippen molar-refractivity contribution in [1.82, 2.24) is 24.6 Å². The third-order valence-corrected chi connectivity index (χ3v) is 1.36. The molecule has 0 atom stereocenters. The SMILES string of the molecule is Cn1nnn2c(=O)ccnc12. The summed E-state index contributed by atoms with van der Waals surface area (Å²) in [6, 6.07) is 1.34. The van der Waals surface area contributed by atoms with Gasteiger partial charge in [0.05, 0.1) is 0 Å². The Kier molecular flexibility index (Phi) is 1.03. The first kappa shape index (κ1) is 6.02. The van der Waals surface area contributed by atoms with Gasteiger partial charge in [-0.15, -0.1) is 4.52 Å². The van der Waals surface area contributed by atoms with Gasteiger partial charge in [0.2, 0.25) is 0 Å². The maximum atomic E-state index is 11.0. The van der Waals surface area contributed by atoms with Gasteiger partial charge in [0, 0.05) is 19.3 Å². The second-order valence-corrected chi connectivity index (χ2v) is 2.10. The van der Waals surface area contributed by atoms with E-state index in [0.717, 1.165) is 4.52 Å². The van der Waals surface area contributed by atoms with E-state index in [1.54, 1.807) is 7.05 Å². The zero-order valence-corrected chi connectivity index (χ0v) is 5.80. The molecule has 2 aromatic heterocycles. The molecule has 0 bridgehead atoms. The monoisotopic (exact) mass is 151 g/mol. The molecule has 0 aromatic carbocycles. The Hall–Kier alpha value is -1.72. The minimum Gasteiger partial charge on any atom is -0.267 e. The van der Waals surface area contributed by atoms with Crippen LogP contribution >= 0.6 is 0 Å². The molecular formula is C5H5N5O. The van der Waals surface area contributed by atoms with Gasteiger partial charge in [-0.05, 0) is 10.4 Å².